The van der Waals surface area contributed by atoms with E-state index in [1.54, 1.807) is 18.2 Å². The number of hydrogen-bond donors (Lipinski definition) is 1. The molecule has 0 saturated carbocycles. The summed E-state index contributed by atoms with van der Waals surface area (Å²) in [6.07, 6.45) is 1.13. The minimum atomic E-state index is -0.379. The Morgan fingerprint density at radius 2 is 2.40 bits per heavy atom. The Hall–Kier alpha value is -2.28. The summed E-state index contributed by atoms with van der Waals surface area (Å²) in [6, 6.07) is 6.92. The number of rotatable bonds is 3. The summed E-state index contributed by atoms with van der Waals surface area (Å²) in [5.41, 5.74) is 0.719. The molecule has 4 heteroatoms. The molecular weight excluding hydrogens is 192 g/mol. The third kappa shape index (κ3) is 2.35. The molecule has 0 radical (unpaired) electrons. The number of amides is 1. The highest BCUT2D eigenvalue weighted by Crippen LogP contribution is 2.27. The van der Waals surface area contributed by atoms with E-state index in [1.807, 2.05) is 6.07 Å². The van der Waals surface area contributed by atoms with Crippen LogP contribution in [0.4, 0.5) is 5.69 Å². The second-order valence-electron chi connectivity index (χ2n) is 2.69. The molecule has 0 saturated heterocycles. The van der Waals surface area contributed by atoms with Crippen LogP contribution in [0.25, 0.3) is 0 Å². The van der Waals surface area contributed by atoms with Crippen LogP contribution in [0.3, 0.4) is 0 Å². The second-order valence-corrected chi connectivity index (χ2v) is 2.69. The predicted molar refractivity (Wildman–Crippen MR) is 56.5 cm³/mol. The lowest BCUT2D eigenvalue weighted by Gasteiger charge is -2.09. The molecule has 0 atom stereocenters. The number of carbonyl (C=O) groups excluding carboxylic acids is 1. The SMILES string of the molecule is C=CC(=O)Nc1c(C#N)cccc1OC. The van der Waals surface area contributed by atoms with Crippen molar-refractivity contribution < 1.29 is 9.53 Å². The molecule has 0 bridgehead atoms. The summed E-state index contributed by atoms with van der Waals surface area (Å²) in [5.74, 6) is 0.0697. The molecule has 1 N–H and O–H groups in total. The van der Waals surface area contributed by atoms with Gasteiger partial charge >= 0.3 is 0 Å². The van der Waals surface area contributed by atoms with Gasteiger partial charge in [-0.1, -0.05) is 12.6 Å². The molecule has 0 aromatic heterocycles. The summed E-state index contributed by atoms with van der Waals surface area (Å²) >= 11 is 0. The fraction of sp³-hybridized carbons (Fsp3) is 0.0909. The van der Waals surface area contributed by atoms with Gasteiger partial charge in [-0.05, 0) is 18.2 Å². The van der Waals surface area contributed by atoms with Crippen molar-refractivity contribution in [3.63, 3.8) is 0 Å². The highest BCUT2D eigenvalue weighted by Gasteiger charge is 2.09. The zero-order valence-electron chi connectivity index (χ0n) is 8.28. The molecule has 0 heterocycles. The number of hydrogen-bond acceptors (Lipinski definition) is 3. The molecule has 0 spiro atoms. The number of nitriles is 1. The monoisotopic (exact) mass is 202 g/mol. The van der Waals surface area contributed by atoms with E-state index in [4.69, 9.17) is 10.00 Å². The van der Waals surface area contributed by atoms with Crippen molar-refractivity contribution in [2.24, 2.45) is 0 Å². The first-order valence-electron chi connectivity index (χ1n) is 4.23. The van der Waals surface area contributed by atoms with Gasteiger partial charge in [0.1, 0.15) is 17.5 Å². The average molecular weight is 202 g/mol. The molecule has 0 aliphatic rings. The lowest BCUT2D eigenvalue weighted by Crippen LogP contribution is -2.09. The maximum atomic E-state index is 11.1. The lowest BCUT2D eigenvalue weighted by atomic mass is 10.2. The van der Waals surface area contributed by atoms with Crippen LogP contribution in [0, 0.1) is 11.3 Å². The van der Waals surface area contributed by atoms with Gasteiger partial charge in [-0.3, -0.25) is 4.79 Å². The molecule has 1 aromatic carbocycles. The number of carbonyl (C=O) groups is 1. The van der Waals surface area contributed by atoms with Crippen LogP contribution in [0.15, 0.2) is 30.9 Å². The molecule has 4 nitrogen and oxygen atoms in total. The Morgan fingerprint density at radius 1 is 1.67 bits per heavy atom. The lowest BCUT2D eigenvalue weighted by molar-refractivity contribution is -0.111. The van der Waals surface area contributed by atoms with E-state index in [1.165, 1.54) is 7.11 Å². The molecule has 0 aliphatic carbocycles. The number of nitrogens with one attached hydrogen (secondary N) is 1. The van der Waals surface area contributed by atoms with E-state index in [0.29, 0.717) is 17.0 Å². The molecule has 15 heavy (non-hydrogen) atoms. The van der Waals surface area contributed by atoms with Crippen molar-refractivity contribution in [2.75, 3.05) is 12.4 Å². The molecule has 1 amide bonds. The number of methoxy groups -OCH3 is 1. The Kier molecular flexibility index (Phi) is 3.47. The number of benzene rings is 1. The second kappa shape index (κ2) is 4.82. The van der Waals surface area contributed by atoms with Crippen LogP contribution in [-0.2, 0) is 4.79 Å². The summed E-state index contributed by atoms with van der Waals surface area (Å²) in [5, 5.41) is 11.4. The van der Waals surface area contributed by atoms with Crippen LogP contribution >= 0.6 is 0 Å². The van der Waals surface area contributed by atoms with Gasteiger partial charge in [0.05, 0.1) is 12.7 Å². The van der Waals surface area contributed by atoms with E-state index < -0.39 is 0 Å². The highest BCUT2D eigenvalue weighted by atomic mass is 16.5. The van der Waals surface area contributed by atoms with Crippen molar-refractivity contribution in [1.82, 2.24) is 0 Å². The van der Waals surface area contributed by atoms with Gasteiger partial charge in [0.2, 0.25) is 5.91 Å². The molecule has 1 aromatic rings. The van der Waals surface area contributed by atoms with Crippen molar-refractivity contribution in [1.29, 1.82) is 5.26 Å². The topological polar surface area (TPSA) is 62.1 Å². The van der Waals surface area contributed by atoms with E-state index in [-0.39, 0.29) is 5.91 Å². The summed E-state index contributed by atoms with van der Waals surface area (Å²) in [6.45, 7) is 3.33. The summed E-state index contributed by atoms with van der Waals surface area (Å²) in [7, 11) is 1.47. The first-order valence-corrected chi connectivity index (χ1v) is 4.23. The van der Waals surface area contributed by atoms with Gasteiger partial charge in [-0.2, -0.15) is 5.26 Å². The minimum absolute atomic E-state index is 0.351. The predicted octanol–water partition coefficient (Wildman–Crippen LogP) is 1.69. The van der Waals surface area contributed by atoms with Crippen molar-refractivity contribution >= 4 is 11.6 Å². The standard InChI is InChI=1S/C11H10N2O2/c1-3-10(14)13-11-8(7-12)5-4-6-9(11)15-2/h3-6H,1H2,2H3,(H,13,14). The number of nitrogens with zero attached hydrogens (tertiary/aromatic N) is 1. The number of anilines is 1. The first-order chi connectivity index (χ1) is 7.22. The van der Waals surface area contributed by atoms with Crippen molar-refractivity contribution in [3.05, 3.63) is 36.4 Å². The van der Waals surface area contributed by atoms with E-state index in [9.17, 15) is 4.79 Å². The quantitative estimate of drug-likeness (QED) is 0.758. The molecule has 0 aliphatic heterocycles. The summed E-state index contributed by atoms with van der Waals surface area (Å²) in [4.78, 5) is 11.1. The Balaban J connectivity index is 3.17. The maximum absolute atomic E-state index is 11.1. The number of para-hydroxylation sites is 1. The van der Waals surface area contributed by atoms with E-state index >= 15 is 0 Å². The van der Waals surface area contributed by atoms with Crippen LogP contribution in [0.1, 0.15) is 5.56 Å². The minimum Gasteiger partial charge on any atom is -0.495 e. The van der Waals surface area contributed by atoms with Gasteiger partial charge in [-0.15, -0.1) is 0 Å². The first kappa shape index (κ1) is 10.8. The van der Waals surface area contributed by atoms with Crippen LogP contribution in [0.5, 0.6) is 5.75 Å². The molecule has 76 valence electrons. The van der Waals surface area contributed by atoms with Gasteiger partial charge in [0.25, 0.3) is 0 Å². The van der Waals surface area contributed by atoms with E-state index in [0.717, 1.165) is 6.08 Å². The third-order valence-electron chi connectivity index (χ3n) is 1.80. The smallest absolute Gasteiger partial charge is 0.247 e. The molecular formula is C11H10N2O2. The Labute approximate surface area is 87.8 Å². The van der Waals surface area contributed by atoms with Gasteiger partial charge < -0.3 is 10.1 Å². The average Bonchev–Trinajstić information content (AvgIpc) is 2.29. The normalized spacial score (nSPS) is 8.80. The fourth-order valence-electron chi connectivity index (χ4n) is 1.10. The zero-order chi connectivity index (χ0) is 11.3. The number of ether oxygens (including phenoxy) is 1. The van der Waals surface area contributed by atoms with E-state index in [2.05, 4.69) is 11.9 Å². The van der Waals surface area contributed by atoms with Gasteiger partial charge in [0, 0.05) is 0 Å². The highest BCUT2D eigenvalue weighted by molar-refractivity contribution is 6.00. The third-order valence-corrected chi connectivity index (χ3v) is 1.80. The largest absolute Gasteiger partial charge is 0.495 e. The zero-order valence-corrected chi connectivity index (χ0v) is 8.28. The fourth-order valence-corrected chi connectivity index (χ4v) is 1.10. The van der Waals surface area contributed by atoms with Gasteiger partial charge in [-0.25, -0.2) is 0 Å². The van der Waals surface area contributed by atoms with Gasteiger partial charge in [0.15, 0.2) is 0 Å². The van der Waals surface area contributed by atoms with Crippen molar-refractivity contribution in [3.8, 4) is 11.8 Å². The molecule has 1 rings (SSSR count). The molecule has 0 unspecified atom stereocenters. The maximum Gasteiger partial charge on any atom is 0.247 e. The Morgan fingerprint density at radius 3 is 2.93 bits per heavy atom. The molecule has 0 fully saturated rings. The van der Waals surface area contributed by atoms with Crippen LogP contribution in [-0.4, -0.2) is 13.0 Å². The van der Waals surface area contributed by atoms with Crippen molar-refractivity contribution in [2.45, 2.75) is 0 Å². The Bertz CT molecular complexity index is 433. The summed E-state index contributed by atoms with van der Waals surface area (Å²) < 4.78 is 5.03. The van der Waals surface area contributed by atoms with Crippen LogP contribution < -0.4 is 10.1 Å². The van der Waals surface area contributed by atoms with Crippen LogP contribution in [0.2, 0.25) is 0 Å².